The zero-order chi connectivity index (χ0) is 12.9. The second-order valence-corrected chi connectivity index (χ2v) is 3.64. The molecule has 0 amide bonds. The summed E-state index contributed by atoms with van der Waals surface area (Å²) in [6.45, 7) is 0.294. The van der Waals surface area contributed by atoms with Crippen LogP contribution in [0.25, 0.3) is 0 Å². The predicted octanol–water partition coefficient (Wildman–Crippen LogP) is 3.07. The van der Waals surface area contributed by atoms with Crippen molar-refractivity contribution in [2.75, 3.05) is 0 Å². The van der Waals surface area contributed by atoms with Gasteiger partial charge in [-0.1, -0.05) is 23.7 Å². The maximum absolute atomic E-state index is 11.8. The number of ketones is 1. The van der Waals surface area contributed by atoms with E-state index in [1.807, 2.05) is 0 Å². The summed E-state index contributed by atoms with van der Waals surface area (Å²) < 4.78 is 35.4. The number of hydrogen-bond donors (Lipinski definition) is 1. The van der Waals surface area contributed by atoms with Crippen LogP contribution in [-0.2, 0) is 11.3 Å². The second-order valence-electron chi connectivity index (χ2n) is 3.21. The van der Waals surface area contributed by atoms with Gasteiger partial charge >= 0.3 is 6.18 Å². The smallest absolute Gasteiger partial charge is 0.387 e. The Morgan fingerprint density at radius 1 is 1.41 bits per heavy atom. The van der Waals surface area contributed by atoms with Crippen molar-refractivity contribution < 1.29 is 18.0 Å². The molecule has 2 nitrogen and oxygen atoms in total. The average molecular weight is 264 g/mol. The van der Waals surface area contributed by atoms with E-state index >= 15 is 0 Å². The van der Waals surface area contributed by atoms with Crippen LogP contribution in [-0.4, -0.2) is 12.0 Å². The highest BCUT2D eigenvalue weighted by Gasteiger charge is 2.35. The molecule has 1 rings (SSSR count). The molecule has 92 valence electrons. The standard InChI is InChI=1S/C11H9ClF3NO/c12-9-3-1-2-8(6-9)7-16-5-4-10(17)11(13,14)15/h1-6,16H,7H2/b5-4+. The molecule has 0 bridgehead atoms. The van der Waals surface area contributed by atoms with Gasteiger partial charge in [-0.05, 0) is 17.7 Å². The van der Waals surface area contributed by atoms with Crippen LogP contribution < -0.4 is 5.32 Å². The number of benzene rings is 1. The minimum Gasteiger partial charge on any atom is -0.387 e. The van der Waals surface area contributed by atoms with Crippen LogP contribution in [0.1, 0.15) is 5.56 Å². The molecule has 0 unspecified atom stereocenters. The largest absolute Gasteiger partial charge is 0.454 e. The molecule has 1 N–H and O–H groups in total. The average Bonchev–Trinajstić information content (AvgIpc) is 2.23. The monoisotopic (exact) mass is 263 g/mol. The quantitative estimate of drug-likeness (QED) is 0.846. The van der Waals surface area contributed by atoms with Gasteiger partial charge in [-0.3, -0.25) is 4.79 Å². The Hall–Kier alpha value is -1.49. The summed E-state index contributed by atoms with van der Waals surface area (Å²) in [5.74, 6) is -1.89. The normalized spacial score (nSPS) is 11.8. The van der Waals surface area contributed by atoms with Gasteiger partial charge in [0, 0.05) is 23.8 Å². The van der Waals surface area contributed by atoms with E-state index in [9.17, 15) is 18.0 Å². The van der Waals surface area contributed by atoms with Crippen molar-refractivity contribution in [1.82, 2.24) is 5.32 Å². The minimum atomic E-state index is -4.83. The molecular weight excluding hydrogens is 255 g/mol. The summed E-state index contributed by atoms with van der Waals surface area (Å²) in [4.78, 5) is 10.5. The molecule has 0 heterocycles. The van der Waals surface area contributed by atoms with Gasteiger partial charge in [-0.25, -0.2) is 0 Å². The van der Waals surface area contributed by atoms with E-state index in [4.69, 9.17) is 11.6 Å². The van der Waals surface area contributed by atoms with Crippen molar-refractivity contribution in [2.45, 2.75) is 12.7 Å². The van der Waals surface area contributed by atoms with E-state index in [-0.39, 0.29) is 0 Å². The van der Waals surface area contributed by atoms with Crippen LogP contribution in [0.3, 0.4) is 0 Å². The van der Waals surface area contributed by atoms with Crippen LogP contribution in [0.2, 0.25) is 5.02 Å². The lowest BCUT2D eigenvalue weighted by atomic mass is 10.2. The number of halogens is 4. The highest BCUT2D eigenvalue weighted by atomic mass is 35.5. The molecule has 0 saturated carbocycles. The SMILES string of the molecule is O=C(/C=C/NCc1cccc(Cl)c1)C(F)(F)F. The van der Waals surface area contributed by atoms with Gasteiger partial charge in [-0.2, -0.15) is 13.2 Å². The van der Waals surface area contributed by atoms with Crippen LogP contribution in [0.5, 0.6) is 0 Å². The molecule has 0 atom stereocenters. The molecule has 1 aromatic carbocycles. The Kier molecular flexibility index (Phi) is 4.57. The zero-order valence-corrected chi connectivity index (χ0v) is 9.35. The van der Waals surface area contributed by atoms with Crippen molar-refractivity contribution in [3.63, 3.8) is 0 Å². The molecule has 0 fully saturated rings. The summed E-state index contributed by atoms with van der Waals surface area (Å²) in [7, 11) is 0. The molecule has 0 saturated heterocycles. The third-order valence-electron chi connectivity index (χ3n) is 1.83. The summed E-state index contributed by atoms with van der Waals surface area (Å²) in [5.41, 5.74) is 0.807. The van der Waals surface area contributed by atoms with E-state index in [0.717, 1.165) is 11.8 Å². The van der Waals surface area contributed by atoms with Crippen LogP contribution in [0.4, 0.5) is 13.2 Å². The Balaban J connectivity index is 2.43. The molecule has 0 spiro atoms. The van der Waals surface area contributed by atoms with Gasteiger partial charge in [0.05, 0.1) is 0 Å². The molecule has 0 aliphatic rings. The predicted molar refractivity (Wildman–Crippen MR) is 58.5 cm³/mol. The van der Waals surface area contributed by atoms with Crippen LogP contribution in [0, 0.1) is 0 Å². The highest BCUT2D eigenvalue weighted by Crippen LogP contribution is 2.16. The lowest BCUT2D eigenvalue weighted by Crippen LogP contribution is -2.20. The minimum absolute atomic E-state index is 0.294. The van der Waals surface area contributed by atoms with Crippen molar-refractivity contribution >= 4 is 17.4 Å². The van der Waals surface area contributed by atoms with E-state index in [1.54, 1.807) is 24.3 Å². The van der Waals surface area contributed by atoms with E-state index < -0.39 is 12.0 Å². The number of carbonyl (C=O) groups is 1. The number of rotatable bonds is 4. The van der Waals surface area contributed by atoms with Crippen molar-refractivity contribution in [2.24, 2.45) is 0 Å². The first-order chi connectivity index (χ1) is 7.89. The third kappa shape index (κ3) is 4.91. The van der Waals surface area contributed by atoms with Gasteiger partial charge in [0.2, 0.25) is 0 Å². The Bertz CT molecular complexity index is 429. The number of carbonyl (C=O) groups excluding carboxylic acids is 1. The van der Waals surface area contributed by atoms with Gasteiger partial charge in [0.25, 0.3) is 5.78 Å². The lowest BCUT2D eigenvalue weighted by molar-refractivity contribution is -0.165. The number of hydrogen-bond acceptors (Lipinski definition) is 2. The first-order valence-electron chi connectivity index (χ1n) is 4.65. The van der Waals surface area contributed by atoms with Gasteiger partial charge < -0.3 is 5.32 Å². The number of nitrogens with one attached hydrogen (secondary N) is 1. The molecule has 0 aliphatic heterocycles. The molecular formula is C11H9ClF3NO. The summed E-state index contributed by atoms with van der Waals surface area (Å²) in [6.07, 6.45) is -3.41. The maximum atomic E-state index is 11.8. The van der Waals surface area contributed by atoms with E-state index in [1.165, 1.54) is 0 Å². The fourth-order valence-electron chi connectivity index (χ4n) is 1.05. The third-order valence-corrected chi connectivity index (χ3v) is 2.06. The van der Waals surface area contributed by atoms with Gasteiger partial charge in [0.1, 0.15) is 0 Å². The van der Waals surface area contributed by atoms with Crippen molar-refractivity contribution in [3.05, 3.63) is 47.1 Å². The Morgan fingerprint density at radius 3 is 2.71 bits per heavy atom. The van der Waals surface area contributed by atoms with Crippen molar-refractivity contribution in [1.29, 1.82) is 0 Å². The van der Waals surface area contributed by atoms with E-state index in [0.29, 0.717) is 17.6 Å². The van der Waals surface area contributed by atoms with E-state index in [2.05, 4.69) is 5.32 Å². The summed E-state index contributed by atoms with van der Waals surface area (Å²) in [6, 6.07) is 6.85. The molecule has 0 aliphatic carbocycles. The molecule has 6 heteroatoms. The Labute approximate surface area is 101 Å². The van der Waals surface area contributed by atoms with Crippen LogP contribution in [0.15, 0.2) is 36.5 Å². The Morgan fingerprint density at radius 2 is 2.12 bits per heavy atom. The maximum Gasteiger partial charge on any atom is 0.454 e. The fraction of sp³-hybridized carbons (Fsp3) is 0.182. The lowest BCUT2D eigenvalue weighted by Gasteiger charge is -2.02. The molecule has 0 aromatic heterocycles. The number of allylic oxidation sites excluding steroid dienone is 1. The number of alkyl halides is 3. The zero-order valence-electron chi connectivity index (χ0n) is 8.59. The molecule has 17 heavy (non-hydrogen) atoms. The fourth-order valence-corrected chi connectivity index (χ4v) is 1.27. The first kappa shape index (κ1) is 13.6. The van der Waals surface area contributed by atoms with Gasteiger partial charge in [0.15, 0.2) is 0 Å². The highest BCUT2D eigenvalue weighted by molar-refractivity contribution is 6.30. The van der Waals surface area contributed by atoms with Gasteiger partial charge in [-0.15, -0.1) is 0 Å². The first-order valence-corrected chi connectivity index (χ1v) is 5.03. The topological polar surface area (TPSA) is 29.1 Å². The van der Waals surface area contributed by atoms with Crippen molar-refractivity contribution in [3.8, 4) is 0 Å². The molecule has 0 radical (unpaired) electrons. The summed E-state index contributed by atoms with van der Waals surface area (Å²) >= 11 is 5.72. The second kappa shape index (κ2) is 5.72. The van der Waals surface area contributed by atoms with Crippen LogP contribution >= 0.6 is 11.6 Å². The summed E-state index contributed by atoms with van der Waals surface area (Å²) in [5, 5.41) is 3.11. The molecule has 1 aromatic rings.